The number of aryl methyl sites for hydroxylation is 1. The molecular formula is C25H23N5O2S. The van der Waals surface area contributed by atoms with E-state index in [0.29, 0.717) is 23.2 Å². The molecule has 0 aliphatic heterocycles. The number of carbonyl (C=O) groups is 2. The molecule has 4 aromatic rings. The third kappa shape index (κ3) is 6.36. The van der Waals surface area contributed by atoms with E-state index in [-0.39, 0.29) is 23.9 Å². The van der Waals surface area contributed by atoms with E-state index in [9.17, 15) is 9.59 Å². The summed E-state index contributed by atoms with van der Waals surface area (Å²) < 4.78 is 2.01. The zero-order chi connectivity index (χ0) is 22.9. The molecule has 8 heteroatoms. The van der Waals surface area contributed by atoms with Crippen molar-refractivity contribution in [2.75, 3.05) is 11.1 Å². The Morgan fingerprint density at radius 3 is 2.39 bits per heavy atom. The second-order valence-electron chi connectivity index (χ2n) is 7.35. The summed E-state index contributed by atoms with van der Waals surface area (Å²) in [5, 5.41) is 12.1. The summed E-state index contributed by atoms with van der Waals surface area (Å²) in [5.74, 6) is 0.344. The number of anilines is 1. The van der Waals surface area contributed by atoms with Crippen molar-refractivity contribution in [3.8, 4) is 11.4 Å². The lowest BCUT2D eigenvalue weighted by Gasteiger charge is -2.10. The predicted octanol–water partition coefficient (Wildman–Crippen LogP) is 4.27. The molecule has 0 bridgehead atoms. The molecule has 2 aromatic heterocycles. The van der Waals surface area contributed by atoms with Gasteiger partial charge in [0, 0.05) is 30.2 Å². The largest absolute Gasteiger partial charge is 0.326 e. The summed E-state index contributed by atoms with van der Waals surface area (Å²) in [7, 11) is 0. The van der Waals surface area contributed by atoms with Crippen molar-refractivity contribution in [3.05, 3.63) is 90.8 Å². The number of ketones is 1. The minimum atomic E-state index is -0.326. The van der Waals surface area contributed by atoms with Crippen LogP contribution < -0.4 is 5.32 Å². The van der Waals surface area contributed by atoms with Gasteiger partial charge in [-0.15, -0.1) is 10.2 Å². The zero-order valence-electron chi connectivity index (χ0n) is 17.9. The molecule has 0 atom stereocenters. The predicted molar refractivity (Wildman–Crippen MR) is 129 cm³/mol. The van der Waals surface area contributed by atoms with Gasteiger partial charge in [-0.3, -0.25) is 14.6 Å². The summed E-state index contributed by atoms with van der Waals surface area (Å²) >= 11 is 1.29. The molecule has 0 unspecified atom stereocenters. The Kier molecular flexibility index (Phi) is 7.60. The number of nitrogens with one attached hydrogen (secondary N) is 1. The van der Waals surface area contributed by atoms with Crippen LogP contribution in [0.25, 0.3) is 11.4 Å². The first-order valence-corrected chi connectivity index (χ1v) is 11.5. The van der Waals surface area contributed by atoms with E-state index in [1.807, 2.05) is 53.1 Å². The highest BCUT2D eigenvalue weighted by Crippen LogP contribution is 2.24. The van der Waals surface area contributed by atoms with Crippen molar-refractivity contribution in [2.45, 2.75) is 24.5 Å². The van der Waals surface area contributed by atoms with Gasteiger partial charge in [-0.1, -0.05) is 60.3 Å². The SMILES string of the molecule is O=C(CSc1nnc(-c2cccnc2)n1CCc1ccccc1)CC(=O)Nc1ccccc1. The van der Waals surface area contributed by atoms with Gasteiger partial charge in [-0.2, -0.15) is 0 Å². The number of benzene rings is 2. The molecule has 166 valence electrons. The van der Waals surface area contributed by atoms with E-state index >= 15 is 0 Å². The smallest absolute Gasteiger partial charge is 0.231 e. The Labute approximate surface area is 196 Å². The molecule has 2 heterocycles. The highest BCUT2D eigenvalue weighted by molar-refractivity contribution is 7.99. The number of amides is 1. The van der Waals surface area contributed by atoms with Gasteiger partial charge in [-0.05, 0) is 36.2 Å². The van der Waals surface area contributed by atoms with Crippen molar-refractivity contribution in [2.24, 2.45) is 0 Å². The molecule has 0 spiro atoms. The zero-order valence-corrected chi connectivity index (χ0v) is 18.7. The number of carbonyl (C=O) groups excluding carboxylic acids is 2. The molecule has 0 radical (unpaired) electrons. The molecule has 0 aliphatic carbocycles. The van der Waals surface area contributed by atoms with E-state index in [0.717, 1.165) is 12.0 Å². The molecule has 4 rings (SSSR count). The fourth-order valence-electron chi connectivity index (χ4n) is 3.29. The second-order valence-corrected chi connectivity index (χ2v) is 8.30. The Morgan fingerprint density at radius 2 is 1.67 bits per heavy atom. The third-order valence-electron chi connectivity index (χ3n) is 4.88. The topological polar surface area (TPSA) is 89.8 Å². The Morgan fingerprint density at radius 1 is 0.909 bits per heavy atom. The van der Waals surface area contributed by atoms with Crippen molar-refractivity contribution in [1.82, 2.24) is 19.7 Å². The van der Waals surface area contributed by atoms with Crippen LogP contribution in [0, 0.1) is 0 Å². The fraction of sp³-hybridized carbons (Fsp3) is 0.160. The van der Waals surface area contributed by atoms with Crippen LogP contribution in [0.3, 0.4) is 0 Å². The van der Waals surface area contributed by atoms with Crippen LogP contribution in [-0.2, 0) is 22.6 Å². The van der Waals surface area contributed by atoms with E-state index in [4.69, 9.17) is 0 Å². The highest BCUT2D eigenvalue weighted by Gasteiger charge is 2.17. The summed E-state index contributed by atoms with van der Waals surface area (Å²) in [6.07, 6.45) is 4.07. The number of rotatable bonds is 10. The molecule has 0 saturated heterocycles. The highest BCUT2D eigenvalue weighted by atomic mass is 32.2. The van der Waals surface area contributed by atoms with Crippen LogP contribution in [0.1, 0.15) is 12.0 Å². The molecule has 1 N–H and O–H groups in total. The Balaban J connectivity index is 1.42. The summed E-state index contributed by atoms with van der Waals surface area (Å²) in [5.41, 5.74) is 2.73. The van der Waals surface area contributed by atoms with E-state index in [2.05, 4.69) is 32.6 Å². The molecule has 0 fully saturated rings. The van der Waals surface area contributed by atoms with Crippen LogP contribution in [-0.4, -0.2) is 37.2 Å². The molecule has 1 amide bonds. The number of thioether (sulfide) groups is 1. The molecule has 7 nitrogen and oxygen atoms in total. The Hall–Kier alpha value is -3.78. The summed E-state index contributed by atoms with van der Waals surface area (Å²) in [6, 6.07) is 23.1. The van der Waals surface area contributed by atoms with E-state index in [1.165, 1.54) is 17.3 Å². The first-order valence-electron chi connectivity index (χ1n) is 10.6. The number of hydrogen-bond donors (Lipinski definition) is 1. The number of Topliss-reactive ketones (excluding diaryl/α,β-unsaturated/α-hetero) is 1. The van der Waals surface area contributed by atoms with Crippen LogP contribution >= 0.6 is 11.8 Å². The monoisotopic (exact) mass is 457 g/mol. The third-order valence-corrected chi connectivity index (χ3v) is 5.91. The first kappa shape index (κ1) is 22.4. The maximum atomic E-state index is 12.4. The first-order chi connectivity index (χ1) is 16.2. The molecule has 0 saturated carbocycles. The van der Waals surface area contributed by atoms with Gasteiger partial charge in [0.2, 0.25) is 5.91 Å². The normalized spacial score (nSPS) is 10.7. The maximum absolute atomic E-state index is 12.4. The number of hydrogen-bond acceptors (Lipinski definition) is 6. The number of pyridine rings is 1. The van der Waals surface area contributed by atoms with Crippen molar-refractivity contribution in [1.29, 1.82) is 0 Å². The van der Waals surface area contributed by atoms with Crippen molar-refractivity contribution in [3.63, 3.8) is 0 Å². The van der Waals surface area contributed by atoms with Crippen molar-refractivity contribution >= 4 is 29.1 Å². The van der Waals surface area contributed by atoms with Crippen LogP contribution in [0.5, 0.6) is 0 Å². The average Bonchev–Trinajstić information content (AvgIpc) is 3.26. The lowest BCUT2D eigenvalue weighted by atomic mass is 10.1. The lowest BCUT2D eigenvalue weighted by Crippen LogP contribution is -2.17. The quantitative estimate of drug-likeness (QED) is 0.283. The summed E-state index contributed by atoms with van der Waals surface area (Å²) in [4.78, 5) is 28.8. The minimum Gasteiger partial charge on any atom is -0.326 e. The van der Waals surface area contributed by atoms with E-state index in [1.54, 1.807) is 24.5 Å². The average molecular weight is 458 g/mol. The van der Waals surface area contributed by atoms with Crippen LogP contribution in [0.15, 0.2) is 90.3 Å². The van der Waals surface area contributed by atoms with E-state index < -0.39 is 0 Å². The van der Waals surface area contributed by atoms with Crippen molar-refractivity contribution < 1.29 is 9.59 Å². The molecular weight excluding hydrogens is 434 g/mol. The minimum absolute atomic E-state index is 0.138. The summed E-state index contributed by atoms with van der Waals surface area (Å²) in [6.45, 7) is 0.659. The maximum Gasteiger partial charge on any atom is 0.231 e. The van der Waals surface area contributed by atoms with Gasteiger partial charge in [0.05, 0.1) is 12.2 Å². The van der Waals surface area contributed by atoms with Gasteiger partial charge < -0.3 is 9.88 Å². The molecule has 2 aromatic carbocycles. The van der Waals surface area contributed by atoms with Crippen LogP contribution in [0.4, 0.5) is 5.69 Å². The van der Waals surface area contributed by atoms with Gasteiger partial charge in [0.25, 0.3) is 0 Å². The lowest BCUT2D eigenvalue weighted by molar-refractivity contribution is -0.123. The van der Waals surface area contributed by atoms with Crippen LogP contribution in [0.2, 0.25) is 0 Å². The van der Waals surface area contributed by atoms with Gasteiger partial charge in [0.15, 0.2) is 16.8 Å². The second kappa shape index (κ2) is 11.2. The number of aromatic nitrogens is 4. The number of nitrogens with zero attached hydrogens (tertiary/aromatic N) is 4. The standard InChI is InChI=1S/C25H23N5O2S/c31-22(16-23(32)27-21-11-5-2-6-12-21)18-33-25-29-28-24(20-10-7-14-26-17-20)30(25)15-13-19-8-3-1-4-9-19/h1-12,14,17H,13,15-16,18H2,(H,27,32). The van der Waals surface area contributed by atoms with Gasteiger partial charge in [0.1, 0.15) is 0 Å². The fourth-order valence-corrected chi connectivity index (χ4v) is 4.12. The Bertz CT molecular complexity index is 1200. The molecule has 0 aliphatic rings. The number of para-hydroxylation sites is 1. The van der Waals surface area contributed by atoms with Gasteiger partial charge in [-0.25, -0.2) is 0 Å². The molecule has 33 heavy (non-hydrogen) atoms. The van der Waals surface area contributed by atoms with Gasteiger partial charge >= 0.3 is 0 Å².